The van der Waals surface area contributed by atoms with Crippen LogP contribution in [0.1, 0.15) is 41.0 Å². The van der Waals surface area contributed by atoms with E-state index >= 15 is 0 Å². The first kappa shape index (κ1) is 16.4. The summed E-state index contributed by atoms with van der Waals surface area (Å²) in [5.74, 6) is 1.27. The first-order valence-electron chi connectivity index (χ1n) is 7.55. The number of likely N-dealkylation sites (N-methyl/N-ethyl adjacent to an activating group) is 1. The summed E-state index contributed by atoms with van der Waals surface area (Å²) in [7, 11) is 0. The van der Waals surface area contributed by atoms with Crippen molar-refractivity contribution < 1.29 is 9.53 Å². The molecule has 1 rings (SSSR count). The van der Waals surface area contributed by atoms with E-state index in [2.05, 4.69) is 24.1 Å². The summed E-state index contributed by atoms with van der Waals surface area (Å²) in [6.45, 7) is 14.5. The molecule has 0 saturated carbocycles. The van der Waals surface area contributed by atoms with Gasteiger partial charge >= 0.3 is 5.97 Å². The highest BCUT2D eigenvalue weighted by Gasteiger charge is 2.37. The van der Waals surface area contributed by atoms with Crippen molar-refractivity contribution in [2.75, 3.05) is 32.8 Å². The number of likely N-dealkylation sites (tertiary alicyclic amines) is 1. The van der Waals surface area contributed by atoms with E-state index < -0.39 is 5.54 Å². The van der Waals surface area contributed by atoms with Crippen LogP contribution in [0.15, 0.2) is 0 Å². The maximum atomic E-state index is 12.2. The van der Waals surface area contributed by atoms with E-state index in [1.807, 2.05) is 20.8 Å². The fourth-order valence-electron chi connectivity index (χ4n) is 3.24. The maximum Gasteiger partial charge on any atom is 0.327 e. The predicted octanol–water partition coefficient (Wildman–Crippen LogP) is 1.90. The van der Waals surface area contributed by atoms with Crippen LogP contribution in [0.4, 0.5) is 0 Å². The van der Waals surface area contributed by atoms with Crippen LogP contribution in [0, 0.1) is 11.8 Å². The van der Waals surface area contributed by atoms with Gasteiger partial charge in [0, 0.05) is 19.6 Å². The second kappa shape index (κ2) is 7.25. The van der Waals surface area contributed by atoms with Crippen LogP contribution in [0.3, 0.4) is 0 Å². The molecule has 0 amide bonds. The molecule has 1 heterocycles. The molecule has 1 saturated heterocycles. The highest BCUT2D eigenvalue weighted by Crippen LogP contribution is 2.23. The van der Waals surface area contributed by atoms with Crippen molar-refractivity contribution >= 4 is 5.97 Å². The number of carbonyl (C=O) groups is 1. The van der Waals surface area contributed by atoms with Crippen LogP contribution in [-0.2, 0) is 9.53 Å². The minimum atomic E-state index is -0.596. The van der Waals surface area contributed by atoms with Crippen molar-refractivity contribution in [3.63, 3.8) is 0 Å². The zero-order valence-corrected chi connectivity index (χ0v) is 13.2. The Bertz CT molecular complexity index is 286. The molecule has 0 aromatic rings. The van der Waals surface area contributed by atoms with E-state index in [4.69, 9.17) is 4.74 Å². The van der Waals surface area contributed by atoms with Crippen molar-refractivity contribution in [1.29, 1.82) is 0 Å². The van der Waals surface area contributed by atoms with Crippen molar-refractivity contribution in [3.8, 4) is 0 Å². The Hall–Kier alpha value is -0.610. The third kappa shape index (κ3) is 4.77. The van der Waals surface area contributed by atoms with E-state index in [1.54, 1.807) is 0 Å². The lowest BCUT2D eigenvalue weighted by molar-refractivity contribution is -0.151. The van der Waals surface area contributed by atoms with Gasteiger partial charge in [0.1, 0.15) is 5.54 Å². The Balaban J connectivity index is 2.68. The molecular weight excluding hydrogens is 240 g/mol. The second-order valence-electron chi connectivity index (χ2n) is 6.22. The number of nitrogens with one attached hydrogen (secondary N) is 1. The molecule has 1 aliphatic heterocycles. The number of hydrogen-bond donors (Lipinski definition) is 1. The first-order valence-corrected chi connectivity index (χ1v) is 7.55. The number of carbonyl (C=O) groups excluding carboxylic acids is 1. The summed E-state index contributed by atoms with van der Waals surface area (Å²) in [5.41, 5.74) is -0.596. The standard InChI is InChI=1S/C15H30N2O2/c1-6-16-15(5,14(18)19-7-2)11-17-9-12(3)8-13(4)10-17/h12-13,16H,6-11H2,1-5H3. The normalized spacial score (nSPS) is 27.8. The van der Waals surface area contributed by atoms with Crippen LogP contribution in [-0.4, -0.2) is 49.2 Å². The third-order valence-corrected chi connectivity index (χ3v) is 3.78. The van der Waals surface area contributed by atoms with Gasteiger partial charge in [0.2, 0.25) is 0 Å². The van der Waals surface area contributed by atoms with Crippen LogP contribution >= 0.6 is 0 Å². The Morgan fingerprint density at radius 1 is 1.32 bits per heavy atom. The Morgan fingerprint density at radius 2 is 1.89 bits per heavy atom. The van der Waals surface area contributed by atoms with Gasteiger partial charge in [-0.2, -0.15) is 0 Å². The molecule has 1 N–H and O–H groups in total. The van der Waals surface area contributed by atoms with E-state index in [9.17, 15) is 4.79 Å². The van der Waals surface area contributed by atoms with Crippen LogP contribution < -0.4 is 5.32 Å². The fraction of sp³-hybridized carbons (Fsp3) is 0.933. The highest BCUT2D eigenvalue weighted by molar-refractivity contribution is 5.80. The monoisotopic (exact) mass is 270 g/mol. The lowest BCUT2D eigenvalue weighted by atomic mass is 9.90. The maximum absolute atomic E-state index is 12.2. The number of piperidine rings is 1. The average Bonchev–Trinajstić information content (AvgIpc) is 2.27. The summed E-state index contributed by atoms with van der Waals surface area (Å²) < 4.78 is 5.23. The molecule has 0 aliphatic carbocycles. The van der Waals surface area contributed by atoms with Gasteiger partial charge in [-0.3, -0.25) is 4.79 Å². The number of ether oxygens (including phenoxy) is 1. The molecule has 4 nitrogen and oxygen atoms in total. The molecule has 19 heavy (non-hydrogen) atoms. The zero-order valence-electron chi connectivity index (χ0n) is 13.2. The number of rotatable bonds is 6. The predicted molar refractivity (Wildman–Crippen MR) is 78.1 cm³/mol. The molecule has 3 atom stereocenters. The molecule has 0 aromatic carbocycles. The van der Waals surface area contributed by atoms with Gasteiger partial charge in [-0.15, -0.1) is 0 Å². The largest absolute Gasteiger partial charge is 0.465 e. The van der Waals surface area contributed by atoms with Crippen molar-refractivity contribution in [2.45, 2.75) is 46.6 Å². The Labute approximate surface area is 117 Å². The molecular formula is C15H30N2O2. The molecule has 112 valence electrons. The molecule has 0 aromatic heterocycles. The van der Waals surface area contributed by atoms with Gasteiger partial charge in [0.05, 0.1) is 6.61 Å². The van der Waals surface area contributed by atoms with E-state index in [0.717, 1.165) is 26.2 Å². The highest BCUT2D eigenvalue weighted by atomic mass is 16.5. The van der Waals surface area contributed by atoms with Crippen LogP contribution in [0.25, 0.3) is 0 Å². The first-order chi connectivity index (χ1) is 8.91. The smallest absolute Gasteiger partial charge is 0.327 e. The minimum absolute atomic E-state index is 0.136. The minimum Gasteiger partial charge on any atom is -0.465 e. The quantitative estimate of drug-likeness (QED) is 0.749. The van der Waals surface area contributed by atoms with Crippen LogP contribution in [0.5, 0.6) is 0 Å². The topological polar surface area (TPSA) is 41.6 Å². The molecule has 1 fully saturated rings. The van der Waals surface area contributed by atoms with E-state index in [-0.39, 0.29) is 5.97 Å². The molecule has 3 unspecified atom stereocenters. The summed E-state index contributed by atoms with van der Waals surface area (Å²) >= 11 is 0. The van der Waals surface area contributed by atoms with Gasteiger partial charge < -0.3 is 15.0 Å². The van der Waals surface area contributed by atoms with Gasteiger partial charge in [-0.05, 0) is 38.6 Å². The molecule has 0 bridgehead atoms. The molecule has 1 aliphatic rings. The van der Waals surface area contributed by atoms with Gasteiger partial charge in [-0.1, -0.05) is 20.8 Å². The van der Waals surface area contributed by atoms with Gasteiger partial charge in [-0.25, -0.2) is 0 Å². The van der Waals surface area contributed by atoms with Crippen molar-refractivity contribution in [3.05, 3.63) is 0 Å². The summed E-state index contributed by atoms with van der Waals surface area (Å²) in [5, 5.41) is 3.30. The zero-order chi connectivity index (χ0) is 14.5. The summed E-state index contributed by atoms with van der Waals surface area (Å²) in [6, 6.07) is 0. The molecule has 4 heteroatoms. The van der Waals surface area contributed by atoms with Gasteiger partial charge in [0.25, 0.3) is 0 Å². The third-order valence-electron chi connectivity index (χ3n) is 3.78. The fourth-order valence-corrected chi connectivity index (χ4v) is 3.24. The number of esters is 1. The summed E-state index contributed by atoms with van der Waals surface area (Å²) in [4.78, 5) is 14.6. The lowest BCUT2D eigenvalue weighted by Gasteiger charge is -2.40. The Kier molecular flexibility index (Phi) is 6.27. The lowest BCUT2D eigenvalue weighted by Crippen LogP contribution is -2.59. The van der Waals surface area contributed by atoms with Gasteiger partial charge in [0.15, 0.2) is 0 Å². The number of hydrogen-bond acceptors (Lipinski definition) is 4. The second-order valence-corrected chi connectivity index (χ2v) is 6.22. The number of nitrogens with zero attached hydrogens (tertiary/aromatic N) is 1. The van der Waals surface area contributed by atoms with Crippen molar-refractivity contribution in [2.24, 2.45) is 11.8 Å². The summed E-state index contributed by atoms with van der Waals surface area (Å²) in [6.07, 6.45) is 1.29. The molecule has 0 radical (unpaired) electrons. The SMILES string of the molecule is CCNC(C)(CN1CC(C)CC(C)C1)C(=O)OCC. The van der Waals surface area contributed by atoms with Crippen LogP contribution in [0.2, 0.25) is 0 Å². The van der Waals surface area contributed by atoms with E-state index in [1.165, 1.54) is 6.42 Å². The Morgan fingerprint density at radius 3 is 2.37 bits per heavy atom. The molecule has 0 spiro atoms. The average molecular weight is 270 g/mol. The van der Waals surface area contributed by atoms with Crippen molar-refractivity contribution in [1.82, 2.24) is 10.2 Å². The van der Waals surface area contributed by atoms with E-state index in [0.29, 0.717) is 18.4 Å².